The molecule has 4 nitrogen and oxygen atoms in total. The van der Waals surface area contributed by atoms with Crippen molar-refractivity contribution in [3.8, 4) is 11.8 Å². The zero-order valence-corrected chi connectivity index (χ0v) is 7.76. The second kappa shape index (κ2) is 4.28. The van der Waals surface area contributed by atoms with E-state index in [1.807, 2.05) is 0 Å². The summed E-state index contributed by atoms with van der Waals surface area (Å²) in [6.45, 7) is 1.78. The molecule has 14 heavy (non-hydrogen) atoms. The van der Waals surface area contributed by atoms with Crippen LogP contribution in [-0.2, 0) is 4.79 Å². The molecule has 3 N–H and O–H groups in total. The average Bonchev–Trinajstić information content (AvgIpc) is 2.08. The van der Waals surface area contributed by atoms with Crippen molar-refractivity contribution in [3.05, 3.63) is 33.7 Å². The van der Waals surface area contributed by atoms with Gasteiger partial charge in [-0.05, 0) is 12.5 Å². The second-order valence-electron chi connectivity index (χ2n) is 2.84. The van der Waals surface area contributed by atoms with Crippen molar-refractivity contribution in [3.63, 3.8) is 0 Å². The Morgan fingerprint density at radius 3 is 2.93 bits per heavy atom. The third-order valence-electron chi connectivity index (χ3n) is 1.62. The molecule has 0 atom stereocenters. The van der Waals surface area contributed by atoms with E-state index in [1.54, 1.807) is 6.92 Å². The lowest BCUT2D eigenvalue weighted by atomic mass is 10.1. The summed E-state index contributed by atoms with van der Waals surface area (Å²) in [6.07, 6.45) is 1.55. The van der Waals surface area contributed by atoms with Gasteiger partial charge in [0.1, 0.15) is 0 Å². The van der Waals surface area contributed by atoms with Gasteiger partial charge in [0.2, 0.25) is 11.5 Å². The van der Waals surface area contributed by atoms with E-state index >= 15 is 0 Å². The summed E-state index contributed by atoms with van der Waals surface area (Å²) >= 11 is 0. The molecule has 1 rings (SSSR count). The fraction of sp³-hybridized carbons (Fsp3) is 0.200. The van der Waals surface area contributed by atoms with Crippen LogP contribution in [0, 0.1) is 18.8 Å². The van der Waals surface area contributed by atoms with Crippen LogP contribution in [0.3, 0.4) is 0 Å². The van der Waals surface area contributed by atoms with Crippen LogP contribution in [0.25, 0.3) is 0 Å². The highest BCUT2D eigenvalue weighted by molar-refractivity contribution is 5.76. The molecular formula is C10H10N2O2. The number of nitrogens with one attached hydrogen (secondary N) is 1. The van der Waals surface area contributed by atoms with E-state index in [2.05, 4.69) is 16.8 Å². The molecule has 0 fully saturated rings. The number of carbonyl (C=O) groups excluding carboxylic acids is 1. The second-order valence-corrected chi connectivity index (χ2v) is 2.84. The first kappa shape index (κ1) is 10.1. The molecule has 1 aromatic rings. The molecule has 1 amide bonds. The highest BCUT2D eigenvalue weighted by Crippen LogP contribution is 1.99. The van der Waals surface area contributed by atoms with Crippen molar-refractivity contribution in [2.45, 2.75) is 13.3 Å². The number of rotatable bonds is 1. The highest BCUT2D eigenvalue weighted by atomic mass is 16.1. The number of hydrogen-bond acceptors (Lipinski definition) is 2. The van der Waals surface area contributed by atoms with Crippen LogP contribution in [0.1, 0.15) is 17.5 Å². The molecule has 72 valence electrons. The zero-order valence-electron chi connectivity index (χ0n) is 7.76. The summed E-state index contributed by atoms with van der Waals surface area (Å²) < 4.78 is 0. The number of primary amides is 1. The Morgan fingerprint density at radius 1 is 1.64 bits per heavy atom. The number of H-pyrrole nitrogens is 1. The van der Waals surface area contributed by atoms with Gasteiger partial charge in [0.15, 0.2) is 0 Å². The van der Waals surface area contributed by atoms with Gasteiger partial charge in [-0.2, -0.15) is 0 Å². The third-order valence-corrected chi connectivity index (χ3v) is 1.62. The molecule has 1 aromatic heterocycles. The number of nitrogens with two attached hydrogens (primary N) is 1. The molecule has 0 aliphatic rings. The minimum atomic E-state index is -0.459. The maximum Gasteiger partial charge on any atom is 0.248 e. The molecule has 0 bridgehead atoms. The van der Waals surface area contributed by atoms with Gasteiger partial charge in [-0.3, -0.25) is 9.59 Å². The molecule has 0 spiro atoms. The summed E-state index contributed by atoms with van der Waals surface area (Å²) in [5.74, 6) is 4.91. The van der Waals surface area contributed by atoms with Crippen molar-refractivity contribution < 1.29 is 4.79 Å². The molecule has 0 aromatic carbocycles. The van der Waals surface area contributed by atoms with Gasteiger partial charge in [-0.25, -0.2) is 0 Å². The van der Waals surface area contributed by atoms with E-state index in [1.165, 1.54) is 12.3 Å². The molecule has 4 heteroatoms. The van der Waals surface area contributed by atoms with E-state index in [-0.39, 0.29) is 12.0 Å². The Morgan fingerprint density at radius 2 is 2.36 bits per heavy atom. The average molecular weight is 190 g/mol. The lowest BCUT2D eigenvalue weighted by molar-refractivity contribution is -0.117. The number of aromatic amines is 1. The van der Waals surface area contributed by atoms with Gasteiger partial charge in [-0.15, -0.1) is 0 Å². The predicted octanol–water partition coefficient (Wildman–Crippen LogP) is -0.0898. The lowest BCUT2D eigenvalue weighted by Crippen LogP contribution is -2.08. The standard InChI is InChI=1S/C10H10N2O2/c1-7-5-10(14)12-6-8(7)3-2-4-9(11)13/h5-6H,4H2,1H3,(H2,11,13)(H,12,14). The normalized spacial score (nSPS) is 8.93. The molecule has 0 saturated carbocycles. The fourth-order valence-corrected chi connectivity index (χ4v) is 0.934. The van der Waals surface area contributed by atoms with Gasteiger partial charge < -0.3 is 10.7 Å². The maximum absolute atomic E-state index is 10.8. The van der Waals surface area contributed by atoms with Crippen molar-refractivity contribution in [2.24, 2.45) is 5.73 Å². The van der Waals surface area contributed by atoms with Crippen molar-refractivity contribution in [1.29, 1.82) is 0 Å². The number of aromatic nitrogens is 1. The number of hydrogen-bond donors (Lipinski definition) is 2. The van der Waals surface area contributed by atoms with E-state index in [0.717, 1.165) is 5.56 Å². The Bertz CT molecular complexity index is 463. The van der Waals surface area contributed by atoms with Crippen molar-refractivity contribution >= 4 is 5.91 Å². The van der Waals surface area contributed by atoms with Gasteiger partial charge in [0.05, 0.1) is 6.42 Å². The van der Waals surface area contributed by atoms with Crippen LogP contribution in [0.2, 0.25) is 0 Å². The Kier molecular flexibility index (Phi) is 3.08. The minimum absolute atomic E-state index is 0.0264. The van der Waals surface area contributed by atoms with E-state index in [4.69, 9.17) is 5.73 Å². The minimum Gasteiger partial charge on any atom is -0.369 e. The van der Waals surface area contributed by atoms with Gasteiger partial charge in [-0.1, -0.05) is 11.8 Å². The largest absolute Gasteiger partial charge is 0.369 e. The van der Waals surface area contributed by atoms with E-state index in [0.29, 0.717) is 5.56 Å². The molecular weight excluding hydrogens is 180 g/mol. The first-order chi connectivity index (χ1) is 6.59. The van der Waals surface area contributed by atoms with Crippen LogP contribution in [0.5, 0.6) is 0 Å². The highest BCUT2D eigenvalue weighted by Gasteiger charge is 1.94. The molecule has 0 radical (unpaired) electrons. The Hall–Kier alpha value is -2.02. The summed E-state index contributed by atoms with van der Waals surface area (Å²) in [5.41, 5.74) is 6.24. The monoisotopic (exact) mass is 190 g/mol. The smallest absolute Gasteiger partial charge is 0.248 e. The van der Waals surface area contributed by atoms with E-state index < -0.39 is 5.91 Å². The van der Waals surface area contributed by atoms with Crippen LogP contribution in [0.4, 0.5) is 0 Å². The maximum atomic E-state index is 10.8. The third kappa shape index (κ3) is 2.79. The zero-order chi connectivity index (χ0) is 10.6. The summed E-state index contributed by atoms with van der Waals surface area (Å²) in [7, 11) is 0. The first-order valence-electron chi connectivity index (χ1n) is 4.06. The van der Waals surface area contributed by atoms with Crippen LogP contribution in [-0.4, -0.2) is 10.9 Å². The topological polar surface area (TPSA) is 75.9 Å². The van der Waals surface area contributed by atoms with Crippen molar-refractivity contribution in [1.82, 2.24) is 4.98 Å². The van der Waals surface area contributed by atoms with E-state index in [9.17, 15) is 9.59 Å². The summed E-state index contributed by atoms with van der Waals surface area (Å²) in [5, 5.41) is 0. The predicted molar refractivity (Wildman–Crippen MR) is 52.5 cm³/mol. The van der Waals surface area contributed by atoms with Gasteiger partial charge in [0, 0.05) is 17.8 Å². The Balaban J connectivity index is 2.90. The van der Waals surface area contributed by atoms with Crippen LogP contribution >= 0.6 is 0 Å². The van der Waals surface area contributed by atoms with Gasteiger partial charge in [0.25, 0.3) is 0 Å². The van der Waals surface area contributed by atoms with Crippen LogP contribution < -0.4 is 11.3 Å². The van der Waals surface area contributed by atoms with Gasteiger partial charge >= 0.3 is 0 Å². The number of aryl methyl sites for hydroxylation is 1. The number of pyridine rings is 1. The first-order valence-corrected chi connectivity index (χ1v) is 4.06. The molecule has 0 aliphatic heterocycles. The quantitative estimate of drug-likeness (QED) is 0.607. The molecule has 0 aliphatic carbocycles. The number of amides is 1. The Labute approximate surface area is 81.1 Å². The molecule has 0 saturated heterocycles. The SMILES string of the molecule is Cc1cc(=O)[nH]cc1C#CCC(N)=O. The fourth-order valence-electron chi connectivity index (χ4n) is 0.934. The number of carbonyl (C=O) groups is 1. The van der Waals surface area contributed by atoms with Crippen molar-refractivity contribution in [2.75, 3.05) is 0 Å². The lowest BCUT2D eigenvalue weighted by Gasteiger charge is -1.94. The summed E-state index contributed by atoms with van der Waals surface area (Å²) in [6, 6.07) is 1.45. The molecule has 0 unspecified atom stereocenters. The van der Waals surface area contributed by atoms with Crippen LogP contribution in [0.15, 0.2) is 17.1 Å². The summed E-state index contributed by atoms with van der Waals surface area (Å²) in [4.78, 5) is 23.7. The molecule has 1 heterocycles.